The summed E-state index contributed by atoms with van der Waals surface area (Å²) in [5.74, 6) is 0.808. The van der Waals surface area contributed by atoms with Gasteiger partial charge >= 0.3 is 0 Å². The summed E-state index contributed by atoms with van der Waals surface area (Å²) in [4.78, 5) is 6.81. The molecule has 3 heteroatoms. The molecule has 0 aliphatic carbocycles. The third-order valence-corrected chi connectivity index (χ3v) is 4.58. The van der Waals surface area contributed by atoms with Crippen molar-refractivity contribution in [2.75, 3.05) is 19.6 Å². The number of rotatable bonds is 6. The third-order valence-electron chi connectivity index (χ3n) is 4.58. The van der Waals surface area contributed by atoms with E-state index in [2.05, 4.69) is 42.0 Å². The van der Waals surface area contributed by atoms with E-state index in [0.717, 1.165) is 5.92 Å². The molecule has 0 spiro atoms. The van der Waals surface area contributed by atoms with Crippen molar-refractivity contribution in [1.82, 2.24) is 15.2 Å². The number of hydrogen-bond acceptors (Lipinski definition) is 3. The van der Waals surface area contributed by atoms with Gasteiger partial charge in [-0.2, -0.15) is 0 Å². The minimum absolute atomic E-state index is 0.382. The van der Waals surface area contributed by atoms with Crippen LogP contribution in [0.5, 0.6) is 0 Å². The highest BCUT2D eigenvalue weighted by atomic mass is 15.1. The Morgan fingerprint density at radius 3 is 2.70 bits per heavy atom. The Balaban J connectivity index is 1.79. The normalized spacial score (nSPS) is 20.8. The van der Waals surface area contributed by atoms with Crippen LogP contribution in [-0.4, -0.2) is 35.6 Å². The van der Waals surface area contributed by atoms with E-state index in [1.807, 2.05) is 18.5 Å². The van der Waals surface area contributed by atoms with E-state index in [9.17, 15) is 0 Å². The Labute approximate surface area is 123 Å². The summed E-state index contributed by atoms with van der Waals surface area (Å²) in [5, 5.41) is 3.75. The van der Waals surface area contributed by atoms with Crippen molar-refractivity contribution in [3.8, 4) is 0 Å². The zero-order valence-electron chi connectivity index (χ0n) is 13.2. The van der Waals surface area contributed by atoms with Crippen LogP contribution in [0.4, 0.5) is 0 Å². The first kappa shape index (κ1) is 15.5. The molecule has 1 unspecified atom stereocenters. The van der Waals surface area contributed by atoms with E-state index in [0.29, 0.717) is 12.1 Å². The van der Waals surface area contributed by atoms with Crippen molar-refractivity contribution >= 4 is 0 Å². The van der Waals surface area contributed by atoms with Crippen LogP contribution >= 0.6 is 0 Å². The van der Waals surface area contributed by atoms with Gasteiger partial charge < -0.3 is 10.2 Å². The van der Waals surface area contributed by atoms with Gasteiger partial charge in [-0.3, -0.25) is 4.98 Å². The van der Waals surface area contributed by atoms with Crippen LogP contribution in [0.1, 0.15) is 51.6 Å². The van der Waals surface area contributed by atoms with E-state index in [1.54, 1.807) is 0 Å². The van der Waals surface area contributed by atoms with Gasteiger partial charge in [0.2, 0.25) is 0 Å². The molecule has 2 heterocycles. The molecule has 1 aliphatic heterocycles. The number of pyridine rings is 1. The molecule has 1 aromatic heterocycles. The van der Waals surface area contributed by atoms with Gasteiger partial charge in [0.05, 0.1) is 0 Å². The first-order valence-electron chi connectivity index (χ1n) is 8.09. The molecule has 1 aliphatic rings. The summed E-state index contributed by atoms with van der Waals surface area (Å²) in [7, 11) is 0. The molecule has 1 saturated heterocycles. The minimum Gasteiger partial charge on any atom is -0.307 e. The molecule has 1 fully saturated rings. The van der Waals surface area contributed by atoms with Crippen molar-refractivity contribution in [3.63, 3.8) is 0 Å². The number of aromatic nitrogens is 1. The summed E-state index contributed by atoms with van der Waals surface area (Å²) in [6.07, 6.45) is 7.73. The standard InChI is InChI=1S/C17H29N3/c1-4-10-20-11-7-16(8-12-20)14(2)19-15(3)17-6-5-9-18-13-17/h5-6,9,13-16,19H,4,7-8,10-12H2,1-3H3/t14?,15-/m0/s1. The van der Waals surface area contributed by atoms with E-state index >= 15 is 0 Å². The second kappa shape index (κ2) is 7.75. The molecule has 3 nitrogen and oxygen atoms in total. The number of likely N-dealkylation sites (tertiary alicyclic amines) is 1. The van der Waals surface area contributed by atoms with Crippen LogP contribution in [-0.2, 0) is 0 Å². The van der Waals surface area contributed by atoms with Crippen LogP contribution in [0, 0.1) is 5.92 Å². The fourth-order valence-electron chi connectivity index (χ4n) is 3.25. The summed E-state index contributed by atoms with van der Waals surface area (Å²) < 4.78 is 0. The van der Waals surface area contributed by atoms with E-state index in [-0.39, 0.29) is 0 Å². The Morgan fingerprint density at radius 1 is 1.35 bits per heavy atom. The van der Waals surface area contributed by atoms with Crippen LogP contribution in [0.2, 0.25) is 0 Å². The lowest BCUT2D eigenvalue weighted by Gasteiger charge is -2.36. The van der Waals surface area contributed by atoms with Gasteiger partial charge in [-0.1, -0.05) is 13.0 Å². The minimum atomic E-state index is 0.382. The fraction of sp³-hybridized carbons (Fsp3) is 0.706. The topological polar surface area (TPSA) is 28.2 Å². The molecule has 112 valence electrons. The van der Waals surface area contributed by atoms with Crippen molar-refractivity contribution in [1.29, 1.82) is 0 Å². The highest BCUT2D eigenvalue weighted by Gasteiger charge is 2.24. The van der Waals surface area contributed by atoms with Gasteiger partial charge in [0.15, 0.2) is 0 Å². The molecule has 2 atom stereocenters. The lowest BCUT2D eigenvalue weighted by Crippen LogP contribution is -2.42. The number of hydrogen-bond donors (Lipinski definition) is 1. The van der Waals surface area contributed by atoms with E-state index < -0.39 is 0 Å². The molecule has 20 heavy (non-hydrogen) atoms. The van der Waals surface area contributed by atoms with E-state index in [1.165, 1.54) is 44.5 Å². The largest absolute Gasteiger partial charge is 0.307 e. The van der Waals surface area contributed by atoms with Gasteiger partial charge in [-0.25, -0.2) is 0 Å². The number of nitrogens with one attached hydrogen (secondary N) is 1. The highest BCUT2D eigenvalue weighted by Crippen LogP contribution is 2.23. The molecular weight excluding hydrogens is 246 g/mol. The Bertz CT molecular complexity index is 371. The zero-order chi connectivity index (χ0) is 14.4. The summed E-state index contributed by atoms with van der Waals surface area (Å²) in [6.45, 7) is 10.6. The molecule has 1 aromatic rings. The van der Waals surface area contributed by atoms with Gasteiger partial charge in [0.25, 0.3) is 0 Å². The lowest BCUT2D eigenvalue weighted by molar-refractivity contribution is 0.159. The predicted molar refractivity (Wildman–Crippen MR) is 84.7 cm³/mol. The Kier molecular flexibility index (Phi) is 5.99. The van der Waals surface area contributed by atoms with Gasteiger partial charge in [0.1, 0.15) is 0 Å². The summed E-state index contributed by atoms with van der Waals surface area (Å²) in [6, 6.07) is 5.13. The van der Waals surface area contributed by atoms with Crippen molar-refractivity contribution in [2.45, 2.75) is 52.1 Å². The average Bonchev–Trinajstić information content (AvgIpc) is 2.49. The van der Waals surface area contributed by atoms with Crippen molar-refractivity contribution in [2.24, 2.45) is 5.92 Å². The molecular formula is C17H29N3. The fourth-order valence-corrected chi connectivity index (χ4v) is 3.25. The maximum absolute atomic E-state index is 4.21. The number of piperidine rings is 1. The maximum atomic E-state index is 4.21. The average molecular weight is 275 g/mol. The van der Waals surface area contributed by atoms with Crippen LogP contribution in [0.3, 0.4) is 0 Å². The number of nitrogens with zero attached hydrogens (tertiary/aromatic N) is 2. The molecule has 0 aromatic carbocycles. The predicted octanol–water partition coefficient (Wildman–Crippen LogP) is 3.24. The zero-order valence-corrected chi connectivity index (χ0v) is 13.2. The van der Waals surface area contributed by atoms with E-state index in [4.69, 9.17) is 0 Å². The van der Waals surface area contributed by atoms with Gasteiger partial charge in [0, 0.05) is 24.5 Å². The molecule has 0 amide bonds. The van der Waals surface area contributed by atoms with Gasteiger partial charge in [-0.15, -0.1) is 0 Å². The summed E-state index contributed by atoms with van der Waals surface area (Å²) >= 11 is 0. The van der Waals surface area contributed by atoms with Crippen molar-refractivity contribution in [3.05, 3.63) is 30.1 Å². The molecule has 0 bridgehead atoms. The maximum Gasteiger partial charge on any atom is 0.0315 e. The first-order chi connectivity index (χ1) is 9.70. The molecule has 2 rings (SSSR count). The summed E-state index contributed by atoms with van der Waals surface area (Å²) in [5.41, 5.74) is 1.28. The quantitative estimate of drug-likeness (QED) is 0.864. The second-order valence-electron chi connectivity index (χ2n) is 6.14. The lowest BCUT2D eigenvalue weighted by atomic mass is 9.89. The smallest absolute Gasteiger partial charge is 0.0315 e. The van der Waals surface area contributed by atoms with Crippen LogP contribution < -0.4 is 5.32 Å². The SMILES string of the molecule is CCCN1CCC(C(C)N[C@@H](C)c2cccnc2)CC1. The van der Waals surface area contributed by atoms with Crippen molar-refractivity contribution < 1.29 is 0 Å². The van der Waals surface area contributed by atoms with Crippen LogP contribution in [0.15, 0.2) is 24.5 Å². The van der Waals surface area contributed by atoms with Crippen LogP contribution in [0.25, 0.3) is 0 Å². The molecule has 0 saturated carbocycles. The molecule has 1 N–H and O–H groups in total. The highest BCUT2D eigenvalue weighted by molar-refractivity contribution is 5.13. The Morgan fingerprint density at radius 2 is 2.10 bits per heavy atom. The second-order valence-corrected chi connectivity index (χ2v) is 6.14. The Hall–Kier alpha value is -0.930. The molecule has 0 radical (unpaired) electrons. The monoisotopic (exact) mass is 275 g/mol. The first-order valence-corrected chi connectivity index (χ1v) is 8.09. The van der Waals surface area contributed by atoms with Gasteiger partial charge in [-0.05, 0) is 70.3 Å². The third kappa shape index (κ3) is 4.29.